The van der Waals surface area contributed by atoms with Gasteiger partial charge in [-0.3, -0.25) is 4.79 Å². The van der Waals surface area contributed by atoms with Crippen LogP contribution >= 0.6 is 0 Å². The van der Waals surface area contributed by atoms with Crippen molar-refractivity contribution in [2.24, 2.45) is 0 Å². The van der Waals surface area contributed by atoms with Gasteiger partial charge in [-0.05, 0) is 31.0 Å². The maximum absolute atomic E-state index is 12.8. The Labute approximate surface area is 88.0 Å². The molecule has 15 heavy (non-hydrogen) atoms. The molecule has 0 atom stereocenters. The van der Waals surface area contributed by atoms with Gasteiger partial charge in [-0.15, -0.1) is 0 Å². The molecule has 1 aromatic rings. The summed E-state index contributed by atoms with van der Waals surface area (Å²) in [4.78, 5) is 11.0. The summed E-state index contributed by atoms with van der Waals surface area (Å²) in [6.07, 6.45) is 0.808. The number of hydrogen-bond acceptors (Lipinski definition) is 3. The van der Waals surface area contributed by atoms with E-state index < -0.39 is 5.82 Å². The maximum atomic E-state index is 12.8. The number of nitrogen functional groups attached to an aromatic ring is 1. The normalized spacial score (nSPS) is 10.0. The minimum absolute atomic E-state index is 0.108. The van der Waals surface area contributed by atoms with Crippen LogP contribution in [-0.2, 0) is 16.0 Å². The third kappa shape index (κ3) is 3.58. The van der Waals surface area contributed by atoms with Crippen LogP contribution in [0, 0.1) is 5.82 Å². The lowest BCUT2D eigenvalue weighted by molar-refractivity contribution is -0.143. The summed E-state index contributed by atoms with van der Waals surface area (Å²) in [6, 6.07) is 4.45. The third-order valence-electron chi connectivity index (χ3n) is 1.98. The first-order valence-corrected chi connectivity index (χ1v) is 4.83. The highest BCUT2D eigenvalue weighted by atomic mass is 19.1. The minimum atomic E-state index is -0.435. The smallest absolute Gasteiger partial charge is 0.306 e. The van der Waals surface area contributed by atoms with Crippen LogP contribution in [-0.4, -0.2) is 12.6 Å². The van der Waals surface area contributed by atoms with Crippen LogP contribution in [0.15, 0.2) is 18.2 Å². The lowest BCUT2D eigenvalue weighted by Gasteiger charge is -2.03. The third-order valence-corrected chi connectivity index (χ3v) is 1.98. The molecule has 0 aliphatic carbocycles. The molecule has 0 unspecified atom stereocenters. The summed E-state index contributed by atoms with van der Waals surface area (Å²) in [5, 5.41) is 0. The van der Waals surface area contributed by atoms with Gasteiger partial charge in [-0.1, -0.05) is 6.07 Å². The number of ether oxygens (including phenoxy) is 1. The first kappa shape index (κ1) is 11.5. The molecule has 0 saturated heterocycles. The van der Waals surface area contributed by atoms with Crippen molar-refractivity contribution in [1.82, 2.24) is 0 Å². The molecule has 1 rings (SSSR count). The summed E-state index contributed by atoms with van der Waals surface area (Å²) >= 11 is 0. The number of hydrogen-bond donors (Lipinski definition) is 1. The van der Waals surface area contributed by atoms with Gasteiger partial charge in [0, 0.05) is 6.42 Å². The molecule has 82 valence electrons. The molecule has 0 aromatic heterocycles. The average Bonchev–Trinajstić information content (AvgIpc) is 2.20. The van der Waals surface area contributed by atoms with Gasteiger partial charge in [-0.25, -0.2) is 4.39 Å². The maximum Gasteiger partial charge on any atom is 0.306 e. The lowest BCUT2D eigenvalue weighted by Crippen LogP contribution is -2.05. The second-order valence-electron chi connectivity index (χ2n) is 3.16. The molecule has 0 amide bonds. The molecule has 3 nitrogen and oxygen atoms in total. The molecule has 1 aromatic carbocycles. The van der Waals surface area contributed by atoms with Gasteiger partial charge >= 0.3 is 5.97 Å². The molecule has 2 N–H and O–H groups in total. The van der Waals surface area contributed by atoms with Crippen molar-refractivity contribution < 1.29 is 13.9 Å². The largest absolute Gasteiger partial charge is 0.466 e. The fourth-order valence-corrected chi connectivity index (χ4v) is 1.23. The Morgan fingerprint density at radius 3 is 2.87 bits per heavy atom. The van der Waals surface area contributed by atoms with E-state index in [1.807, 2.05) is 0 Å². The molecule has 0 radical (unpaired) electrons. The second kappa shape index (κ2) is 5.34. The summed E-state index contributed by atoms with van der Waals surface area (Å²) in [6.45, 7) is 2.14. The Kier molecular flexibility index (Phi) is 4.09. The molecule has 4 heteroatoms. The first-order chi connectivity index (χ1) is 7.13. The SMILES string of the molecule is CCOC(=O)CCc1ccc(F)c(N)c1. The summed E-state index contributed by atoms with van der Waals surface area (Å²) in [5.41, 5.74) is 6.34. The molecule has 0 heterocycles. The van der Waals surface area contributed by atoms with Crippen LogP contribution in [0.3, 0.4) is 0 Å². The van der Waals surface area contributed by atoms with Crippen molar-refractivity contribution in [2.75, 3.05) is 12.3 Å². The molecule has 0 spiro atoms. The van der Waals surface area contributed by atoms with E-state index in [0.29, 0.717) is 19.4 Å². The summed E-state index contributed by atoms with van der Waals surface area (Å²) in [5.74, 6) is -0.685. The predicted octanol–water partition coefficient (Wildman–Crippen LogP) is 1.90. The number of benzene rings is 1. The van der Waals surface area contributed by atoms with Crippen molar-refractivity contribution in [3.63, 3.8) is 0 Å². The van der Waals surface area contributed by atoms with Crippen molar-refractivity contribution >= 4 is 11.7 Å². The van der Waals surface area contributed by atoms with Crippen molar-refractivity contribution in [3.05, 3.63) is 29.6 Å². The number of aryl methyl sites for hydroxylation is 1. The number of carbonyl (C=O) groups excluding carboxylic acids is 1. The Bertz CT molecular complexity index is 352. The van der Waals surface area contributed by atoms with E-state index in [2.05, 4.69) is 0 Å². The number of carbonyl (C=O) groups is 1. The standard InChI is InChI=1S/C11H14FNO2/c1-2-15-11(14)6-4-8-3-5-9(12)10(13)7-8/h3,5,7H,2,4,6,13H2,1H3. The number of rotatable bonds is 4. The summed E-state index contributed by atoms with van der Waals surface area (Å²) in [7, 11) is 0. The van der Waals surface area contributed by atoms with Crippen LogP contribution in [0.1, 0.15) is 18.9 Å². The van der Waals surface area contributed by atoms with E-state index in [9.17, 15) is 9.18 Å². The Balaban J connectivity index is 2.51. The predicted molar refractivity (Wildman–Crippen MR) is 55.8 cm³/mol. The van der Waals surface area contributed by atoms with Gasteiger partial charge < -0.3 is 10.5 Å². The van der Waals surface area contributed by atoms with Crippen molar-refractivity contribution in [2.45, 2.75) is 19.8 Å². The van der Waals surface area contributed by atoms with E-state index >= 15 is 0 Å². The van der Waals surface area contributed by atoms with Gasteiger partial charge in [0.1, 0.15) is 5.82 Å². The first-order valence-electron chi connectivity index (χ1n) is 4.83. The molecule has 0 bridgehead atoms. The Morgan fingerprint density at radius 1 is 1.53 bits per heavy atom. The van der Waals surface area contributed by atoms with E-state index in [0.717, 1.165) is 5.56 Å². The van der Waals surface area contributed by atoms with Crippen LogP contribution in [0.4, 0.5) is 10.1 Å². The molecule has 0 aliphatic rings. The zero-order chi connectivity index (χ0) is 11.3. The number of nitrogens with two attached hydrogens (primary N) is 1. The number of halogens is 1. The van der Waals surface area contributed by atoms with E-state index in [1.54, 1.807) is 13.0 Å². The molecular formula is C11H14FNO2. The van der Waals surface area contributed by atoms with Gasteiger partial charge in [0.15, 0.2) is 0 Å². The lowest BCUT2D eigenvalue weighted by atomic mass is 10.1. The zero-order valence-corrected chi connectivity index (χ0v) is 8.63. The second-order valence-corrected chi connectivity index (χ2v) is 3.16. The Morgan fingerprint density at radius 2 is 2.27 bits per heavy atom. The van der Waals surface area contributed by atoms with E-state index in [1.165, 1.54) is 12.1 Å². The van der Waals surface area contributed by atoms with Crippen LogP contribution in [0.2, 0.25) is 0 Å². The zero-order valence-electron chi connectivity index (χ0n) is 8.63. The Hall–Kier alpha value is -1.58. The highest BCUT2D eigenvalue weighted by Crippen LogP contribution is 2.13. The summed E-state index contributed by atoms with van der Waals surface area (Å²) < 4.78 is 17.6. The average molecular weight is 211 g/mol. The fourth-order valence-electron chi connectivity index (χ4n) is 1.23. The van der Waals surface area contributed by atoms with Gasteiger partial charge in [-0.2, -0.15) is 0 Å². The molecular weight excluding hydrogens is 197 g/mol. The van der Waals surface area contributed by atoms with Crippen LogP contribution < -0.4 is 5.73 Å². The van der Waals surface area contributed by atoms with E-state index in [-0.39, 0.29) is 11.7 Å². The van der Waals surface area contributed by atoms with Crippen molar-refractivity contribution in [3.8, 4) is 0 Å². The monoisotopic (exact) mass is 211 g/mol. The van der Waals surface area contributed by atoms with Crippen LogP contribution in [0.25, 0.3) is 0 Å². The van der Waals surface area contributed by atoms with Gasteiger partial charge in [0.25, 0.3) is 0 Å². The molecule has 0 saturated carbocycles. The van der Waals surface area contributed by atoms with Gasteiger partial charge in [0.2, 0.25) is 0 Å². The number of esters is 1. The van der Waals surface area contributed by atoms with Crippen molar-refractivity contribution in [1.29, 1.82) is 0 Å². The van der Waals surface area contributed by atoms with E-state index in [4.69, 9.17) is 10.5 Å². The molecule has 0 fully saturated rings. The van der Waals surface area contributed by atoms with Crippen LogP contribution in [0.5, 0.6) is 0 Å². The fraction of sp³-hybridized carbons (Fsp3) is 0.364. The molecule has 0 aliphatic heterocycles. The minimum Gasteiger partial charge on any atom is -0.466 e. The topological polar surface area (TPSA) is 52.3 Å². The highest BCUT2D eigenvalue weighted by Gasteiger charge is 2.04. The number of anilines is 1. The van der Waals surface area contributed by atoms with Gasteiger partial charge in [0.05, 0.1) is 12.3 Å². The quantitative estimate of drug-likeness (QED) is 0.611. The highest BCUT2D eigenvalue weighted by molar-refractivity contribution is 5.69.